The van der Waals surface area contributed by atoms with Crippen molar-refractivity contribution in [3.63, 3.8) is 0 Å². The topological polar surface area (TPSA) is 133 Å². The first-order valence-corrected chi connectivity index (χ1v) is 11.2. The van der Waals surface area contributed by atoms with Gasteiger partial charge in [-0.1, -0.05) is 42.1 Å². The number of thioether (sulfide) groups is 1. The van der Waals surface area contributed by atoms with Crippen LogP contribution in [0.1, 0.15) is 38.2 Å². The summed E-state index contributed by atoms with van der Waals surface area (Å²) in [6.07, 6.45) is -1.59. The van der Waals surface area contributed by atoms with Crippen LogP contribution in [0.4, 0.5) is 4.79 Å². The van der Waals surface area contributed by atoms with Crippen LogP contribution in [-0.2, 0) is 30.3 Å². The highest BCUT2D eigenvalue weighted by Crippen LogP contribution is 2.26. The Labute approximate surface area is 189 Å². The fraction of sp³-hybridized carbons (Fsp3) is 0.476. The summed E-state index contributed by atoms with van der Waals surface area (Å²) in [5, 5.41) is 12.9. The van der Waals surface area contributed by atoms with Crippen molar-refractivity contribution in [1.29, 1.82) is 0 Å². The van der Waals surface area contributed by atoms with Crippen molar-refractivity contribution in [1.82, 2.24) is 15.3 Å². The first-order valence-electron chi connectivity index (χ1n) is 10.3. The summed E-state index contributed by atoms with van der Waals surface area (Å²) in [6, 6.07) is 8.15. The molecule has 3 rings (SSSR count). The number of carbonyl (C=O) groups excluding carboxylic acids is 4. The van der Waals surface area contributed by atoms with Crippen LogP contribution in [0, 0.1) is 0 Å². The fourth-order valence-electron chi connectivity index (χ4n) is 3.83. The highest BCUT2D eigenvalue weighted by molar-refractivity contribution is 8.14. The Morgan fingerprint density at radius 1 is 1.22 bits per heavy atom. The number of carboxylic acid groups (broad SMARTS) is 1. The minimum atomic E-state index is -1.55. The number of rotatable bonds is 6. The third-order valence-corrected chi connectivity index (χ3v) is 6.23. The van der Waals surface area contributed by atoms with E-state index in [0.717, 1.165) is 22.3 Å². The molecule has 10 nitrogen and oxygen atoms in total. The van der Waals surface area contributed by atoms with E-state index in [1.165, 1.54) is 11.9 Å². The first kappa shape index (κ1) is 23.6. The largest absolute Gasteiger partial charge is 0.507 e. The van der Waals surface area contributed by atoms with Crippen LogP contribution in [0.15, 0.2) is 30.3 Å². The van der Waals surface area contributed by atoms with E-state index in [2.05, 4.69) is 5.32 Å². The lowest BCUT2D eigenvalue weighted by molar-refractivity contribution is -0.196. The quantitative estimate of drug-likeness (QED) is 0.607. The van der Waals surface area contributed by atoms with E-state index >= 15 is 0 Å². The molecule has 2 N–H and O–H groups in total. The number of amides is 3. The van der Waals surface area contributed by atoms with Crippen LogP contribution in [-0.4, -0.2) is 68.2 Å². The van der Waals surface area contributed by atoms with Crippen LogP contribution >= 0.6 is 11.8 Å². The van der Waals surface area contributed by atoms with Crippen LogP contribution in [0.3, 0.4) is 0 Å². The van der Waals surface area contributed by atoms with Gasteiger partial charge in [-0.05, 0) is 24.8 Å². The van der Waals surface area contributed by atoms with Crippen LogP contribution in [0.2, 0.25) is 0 Å². The molecule has 0 spiro atoms. The zero-order chi connectivity index (χ0) is 23.3. The number of nitrogens with one attached hydrogen (secondary N) is 1. The predicted molar refractivity (Wildman–Crippen MR) is 114 cm³/mol. The number of hydrazine groups is 1. The van der Waals surface area contributed by atoms with Gasteiger partial charge in [0.2, 0.25) is 11.8 Å². The number of carbonyl (C=O) groups is 5. The van der Waals surface area contributed by atoms with Gasteiger partial charge in [-0.3, -0.25) is 19.2 Å². The van der Waals surface area contributed by atoms with E-state index in [1.54, 1.807) is 0 Å². The third kappa shape index (κ3) is 5.78. The van der Waals surface area contributed by atoms with Crippen molar-refractivity contribution in [3.05, 3.63) is 35.9 Å². The SMILES string of the molecule is CC(=O)S[C@@H](Cc1ccccc1)C(=O)N[C@H]1CCC(=O)N2CCC[C@H](OC(=O)O)N2C1=O. The molecule has 0 saturated carbocycles. The molecule has 0 bridgehead atoms. The van der Waals surface area contributed by atoms with Gasteiger partial charge in [0, 0.05) is 26.3 Å². The van der Waals surface area contributed by atoms with E-state index in [0.29, 0.717) is 6.42 Å². The van der Waals surface area contributed by atoms with Gasteiger partial charge in [0.25, 0.3) is 5.91 Å². The number of nitrogens with zero attached hydrogens (tertiary/aromatic N) is 2. The Morgan fingerprint density at radius 2 is 1.94 bits per heavy atom. The molecule has 1 aromatic carbocycles. The molecule has 2 aliphatic rings. The third-order valence-electron chi connectivity index (χ3n) is 5.23. The second-order valence-corrected chi connectivity index (χ2v) is 8.95. The minimum Gasteiger partial charge on any atom is -0.450 e. The van der Waals surface area contributed by atoms with Gasteiger partial charge in [0.1, 0.15) is 6.04 Å². The second-order valence-electron chi connectivity index (χ2n) is 7.57. The van der Waals surface area contributed by atoms with E-state index in [9.17, 15) is 24.0 Å². The maximum Gasteiger partial charge on any atom is 0.507 e. The van der Waals surface area contributed by atoms with E-state index in [-0.39, 0.29) is 43.3 Å². The molecule has 2 aliphatic heterocycles. The average Bonchev–Trinajstić information content (AvgIpc) is 2.86. The number of ether oxygens (including phenoxy) is 1. The maximum atomic E-state index is 13.2. The molecular weight excluding hydrogens is 438 g/mol. The predicted octanol–water partition coefficient (Wildman–Crippen LogP) is 1.54. The zero-order valence-electron chi connectivity index (χ0n) is 17.6. The molecule has 11 heteroatoms. The molecule has 3 atom stereocenters. The summed E-state index contributed by atoms with van der Waals surface area (Å²) >= 11 is 0.874. The van der Waals surface area contributed by atoms with Crippen molar-refractivity contribution < 1.29 is 33.8 Å². The van der Waals surface area contributed by atoms with E-state index in [1.807, 2.05) is 30.3 Å². The minimum absolute atomic E-state index is 0.0101. The second kappa shape index (κ2) is 10.5. The average molecular weight is 464 g/mol. The van der Waals surface area contributed by atoms with Gasteiger partial charge in [0.15, 0.2) is 11.3 Å². The Balaban J connectivity index is 1.78. The fourth-order valence-corrected chi connectivity index (χ4v) is 4.68. The lowest BCUT2D eigenvalue weighted by Gasteiger charge is -2.42. The molecule has 2 saturated heterocycles. The highest BCUT2D eigenvalue weighted by atomic mass is 32.2. The van der Waals surface area contributed by atoms with E-state index < -0.39 is 35.5 Å². The van der Waals surface area contributed by atoms with Gasteiger partial charge >= 0.3 is 6.16 Å². The Kier molecular flexibility index (Phi) is 7.73. The van der Waals surface area contributed by atoms with Crippen molar-refractivity contribution in [2.45, 2.75) is 56.5 Å². The molecule has 0 aliphatic carbocycles. The van der Waals surface area contributed by atoms with Crippen molar-refractivity contribution in [3.8, 4) is 0 Å². The number of fused-ring (bicyclic) bond motifs is 1. The molecule has 0 radical (unpaired) electrons. The lowest BCUT2D eigenvalue weighted by atomic mass is 10.1. The number of hydrogen-bond acceptors (Lipinski definition) is 7. The zero-order valence-corrected chi connectivity index (χ0v) is 18.4. The number of benzene rings is 1. The molecule has 1 aromatic rings. The van der Waals surface area contributed by atoms with Gasteiger partial charge in [-0.15, -0.1) is 0 Å². The molecule has 2 heterocycles. The molecule has 0 aromatic heterocycles. The smallest absolute Gasteiger partial charge is 0.450 e. The Hall–Kier alpha value is -3.08. The molecular formula is C21H25N3O7S. The van der Waals surface area contributed by atoms with Gasteiger partial charge < -0.3 is 15.2 Å². The summed E-state index contributed by atoms with van der Waals surface area (Å²) in [5.74, 6) is -1.45. The summed E-state index contributed by atoms with van der Waals surface area (Å²) in [6.45, 7) is 1.63. The molecule has 3 amide bonds. The normalized spacial score (nSPS) is 21.9. The maximum absolute atomic E-state index is 13.2. The standard InChI is InChI=1S/C21H25N3O7S/c1-13(25)32-16(12-14-6-3-2-4-7-14)19(27)22-15-9-10-17(26)23-11-5-8-18(31-21(29)30)24(23)20(15)28/h2-4,6-7,15-16,18H,5,8-12H2,1H3,(H,22,27)(H,29,30)/t15-,16-,18-/m0/s1. The molecule has 32 heavy (non-hydrogen) atoms. The summed E-state index contributed by atoms with van der Waals surface area (Å²) in [5.41, 5.74) is 0.862. The Bertz CT molecular complexity index is 895. The van der Waals surface area contributed by atoms with Gasteiger partial charge in [-0.2, -0.15) is 0 Å². The van der Waals surface area contributed by atoms with Crippen LogP contribution in [0.25, 0.3) is 0 Å². The van der Waals surface area contributed by atoms with Gasteiger partial charge in [0.05, 0.1) is 5.25 Å². The monoisotopic (exact) mass is 463 g/mol. The van der Waals surface area contributed by atoms with Crippen molar-refractivity contribution in [2.75, 3.05) is 6.54 Å². The first-order chi connectivity index (χ1) is 15.3. The van der Waals surface area contributed by atoms with Crippen molar-refractivity contribution in [2.24, 2.45) is 0 Å². The summed E-state index contributed by atoms with van der Waals surface area (Å²) < 4.78 is 4.83. The highest BCUT2D eigenvalue weighted by Gasteiger charge is 2.44. The lowest BCUT2D eigenvalue weighted by Crippen LogP contribution is -2.61. The van der Waals surface area contributed by atoms with Crippen molar-refractivity contribution >= 4 is 40.8 Å². The molecule has 0 unspecified atom stereocenters. The Morgan fingerprint density at radius 3 is 2.59 bits per heavy atom. The van der Waals surface area contributed by atoms with Crippen LogP contribution in [0.5, 0.6) is 0 Å². The molecule has 172 valence electrons. The van der Waals surface area contributed by atoms with Crippen LogP contribution < -0.4 is 5.32 Å². The number of hydrogen-bond donors (Lipinski definition) is 2. The van der Waals surface area contributed by atoms with E-state index in [4.69, 9.17) is 9.84 Å². The summed E-state index contributed by atoms with van der Waals surface area (Å²) in [7, 11) is 0. The molecule has 2 fully saturated rings. The van der Waals surface area contributed by atoms with Gasteiger partial charge in [-0.25, -0.2) is 14.8 Å². The summed E-state index contributed by atoms with van der Waals surface area (Å²) in [4.78, 5) is 61.6.